The van der Waals surface area contributed by atoms with Crippen LogP contribution in [0, 0.1) is 0 Å². The van der Waals surface area contributed by atoms with Crippen molar-refractivity contribution in [1.29, 1.82) is 0 Å². The molecule has 6 nitrogen and oxygen atoms in total. The molecule has 0 amide bonds. The van der Waals surface area contributed by atoms with Gasteiger partial charge in [0.2, 0.25) is 17.8 Å². The summed E-state index contributed by atoms with van der Waals surface area (Å²) in [6.45, 7) is 6.50. The fraction of sp³-hybridized carbons (Fsp3) is 0.400. The molecule has 3 N–H and O–H groups in total. The zero-order chi connectivity index (χ0) is 15.6. The third kappa shape index (κ3) is 3.59. The van der Waals surface area contributed by atoms with E-state index in [1.807, 2.05) is 32.3 Å². The Bertz CT molecular complexity index is 630. The lowest BCUT2D eigenvalue weighted by atomic mass is 9.86. The molecule has 1 heterocycles. The molecule has 0 fully saturated rings. The van der Waals surface area contributed by atoms with Crippen LogP contribution < -0.4 is 16.0 Å². The van der Waals surface area contributed by atoms with Crippen LogP contribution in [-0.4, -0.2) is 29.0 Å². The van der Waals surface area contributed by atoms with E-state index < -0.39 is 0 Å². The Morgan fingerprint density at radius 1 is 1.05 bits per heavy atom. The second-order valence-corrected chi connectivity index (χ2v) is 6.13. The number of anilines is 4. The van der Waals surface area contributed by atoms with E-state index in [1.165, 1.54) is 5.56 Å². The number of nitrogens with two attached hydrogens (primary N) is 1. The first kappa shape index (κ1) is 15.0. The predicted molar refractivity (Wildman–Crippen MR) is 87.0 cm³/mol. The zero-order valence-electron chi connectivity index (χ0n) is 13.2. The second-order valence-electron chi connectivity index (χ2n) is 6.13. The minimum absolute atomic E-state index is 0.0204. The minimum atomic E-state index is 0.0204. The average Bonchev–Trinajstić information content (AvgIpc) is 2.37. The van der Waals surface area contributed by atoms with Gasteiger partial charge in [-0.25, -0.2) is 0 Å². The highest BCUT2D eigenvalue weighted by molar-refractivity contribution is 5.61. The van der Waals surface area contributed by atoms with Gasteiger partial charge in [0.1, 0.15) is 0 Å². The third-order valence-corrected chi connectivity index (χ3v) is 3.02. The molecule has 1 aromatic heterocycles. The molecule has 6 heteroatoms. The van der Waals surface area contributed by atoms with Crippen molar-refractivity contribution in [3.05, 3.63) is 29.8 Å². The Morgan fingerprint density at radius 3 is 2.33 bits per heavy atom. The smallest absolute Gasteiger partial charge is 0.233 e. The highest BCUT2D eigenvalue weighted by Crippen LogP contribution is 2.30. The molecule has 0 saturated carbocycles. The molecule has 112 valence electrons. The van der Waals surface area contributed by atoms with Crippen molar-refractivity contribution in [2.75, 3.05) is 30.0 Å². The van der Waals surface area contributed by atoms with Crippen LogP contribution in [0.2, 0.25) is 0 Å². The van der Waals surface area contributed by atoms with Crippen LogP contribution in [0.1, 0.15) is 26.3 Å². The molecule has 2 aromatic rings. The molecular weight excluding hydrogens is 264 g/mol. The summed E-state index contributed by atoms with van der Waals surface area (Å²) in [4.78, 5) is 14.4. The zero-order valence-corrected chi connectivity index (χ0v) is 13.2. The van der Waals surface area contributed by atoms with E-state index in [0.29, 0.717) is 11.9 Å². The quantitative estimate of drug-likeness (QED) is 0.902. The maximum Gasteiger partial charge on any atom is 0.233 e. The van der Waals surface area contributed by atoms with Crippen molar-refractivity contribution in [2.45, 2.75) is 26.2 Å². The van der Waals surface area contributed by atoms with Gasteiger partial charge in [0.15, 0.2) is 0 Å². The predicted octanol–water partition coefficient (Wildman–Crippen LogP) is 2.56. The molecule has 0 bridgehead atoms. The van der Waals surface area contributed by atoms with E-state index in [0.717, 1.165) is 5.69 Å². The Hall–Kier alpha value is -2.37. The van der Waals surface area contributed by atoms with Crippen molar-refractivity contribution >= 4 is 23.5 Å². The first-order chi connectivity index (χ1) is 9.77. The van der Waals surface area contributed by atoms with Crippen molar-refractivity contribution in [2.24, 2.45) is 0 Å². The number of aromatic nitrogens is 3. The summed E-state index contributed by atoms with van der Waals surface area (Å²) in [6, 6.07) is 8.11. The summed E-state index contributed by atoms with van der Waals surface area (Å²) in [5.74, 6) is 1.17. The molecule has 0 unspecified atom stereocenters. The van der Waals surface area contributed by atoms with Crippen molar-refractivity contribution in [1.82, 2.24) is 15.0 Å². The molecule has 0 aliphatic heterocycles. The highest BCUT2D eigenvalue weighted by Gasteiger charge is 2.18. The molecule has 0 spiro atoms. The van der Waals surface area contributed by atoms with Crippen LogP contribution in [0.4, 0.5) is 23.5 Å². The van der Waals surface area contributed by atoms with Crippen LogP contribution in [-0.2, 0) is 5.41 Å². The molecule has 21 heavy (non-hydrogen) atoms. The maximum absolute atomic E-state index is 5.75. The molecule has 0 aliphatic carbocycles. The van der Waals surface area contributed by atoms with Gasteiger partial charge in [-0.2, -0.15) is 15.0 Å². The summed E-state index contributed by atoms with van der Waals surface area (Å²) in [6.07, 6.45) is 0. The van der Waals surface area contributed by atoms with Crippen LogP contribution in [0.25, 0.3) is 0 Å². The van der Waals surface area contributed by atoms with E-state index >= 15 is 0 Å². The Labute approximate surface area is 125 Å². The maximum atomic E-state index is 5.75. The van der Waals surface area contributed by atoms with Crippen LogP contribution in [0.5, 0.6) is 0 Å². The Morgan fingerprint density at radius 2 is 1.71 bits per heavy atom. The van der Waals surface area contributed by atoms with Gasteiger partial charge in [-0.15, -0.1) is 0 Å². The van der Waals surface area contributed by atoms with E-state index in [9.17, 15) is 0 Å². The van der Waals surface area contributed by atoms with Crippen molar-refractivity contribution in [3.63, 3.8) is 0 Å². The number of benzene rings is 1. The van der Waals surface area contributed by atoms with Gasteiger partial charge in [0.25, 0.3) is 0 Å². The second kappa shape index (κ2) is 5.55. The molecule has 0 aliphatic rings. The molecule has 0 saturated heterocycles. The van der Waals surface area contributed by atoms with Crippen molar-refractivity contribution in [3.8, 4) is 0 Å². The summed E-state index contributed by atoms with van der Waals surface area (Å²) in [7, 11) is 3.73. The molecular formula is C15H22N6. The monoisotopic (exact) mass is 286 g/mol. The van der Waals surface area contributed by atoms with E-state index in [4.69, 9.17) is 5.73 Å². The molecule has 0 atom stereocenters. The van der Waals surface area contributed by atoms with Gasteiger partial charge in [0, 0.05) is 19.8 Å². The van der Waals surface area contributed by atoms with Gasteiger partial charge in [0.05, 0.1) is 0 Å². The highest BCUT2D eigenvalue weighted by atomic mass is 15.3. The first-order valence-corrected chi connectivity index (χ1v) is 6.83. The number of para-hydroxylation sites is 1. The van der Waals surface area contributed by atoms with Gasteiger partial charge in [-0.05, 0) is 17.0 Å². The van der Waals surface area contributed by atoms with Crippen LogP contribution in [0.3, 0.4) is 0 Å². The summed E-state index contributed by atoms with van der Waals surface area (Å²) < 4.78 is 0. The number of nitrogen functional groups attached to an aromatic ring is 1. The number of rotatable bonds is 3. The number of nitrogens with one attached hydrogen (secondary N) is 1. The number of hydrogen-bond acceptors (Lipinski definition) is 6. The fourth-order valence-electron chi connectivity index (χ4n) is 2.00. The van der Waals surface area contributed by atoms with E-state index in [2.05, 4.69) is 47.1 Å². The fourth-order valence-corrected chi connectivity index (χ4v) is 2.00. The number of hydrogen-bond donors (Lipinski definition) is 2. The molecule has 1 aromatic carbocycles. The largest absolute Gasteiger partial charge is 0.368 e. The number of nitrogens with zero attached hydrogens (tertiary/aromatic N) is 4. The normalized spacial score (nSPS) is 11.3. The Balaban J connectivity index is 2.39. The van der Waals surface area contributed by atoms with Crippen molar-refractivity contribution < 1.29 is 0 Å². The summed E-state index contributed by atoms with van der Waals surface area (Å²) in [5.41, 5.74) is 7.93. The van der Waals surface area contributed by atoms with Gasteiger partial charge in [-0.3, -0.25) is 0 Å². The lowest BCUT2D eigenvalue weighted by Crippen LogP contribution is -2.17. The van der Waals surface area contributed by atoms with Crippen LogP contribution >= 0.6 is 0 Å². The average molecular weight is 286 g/mol. The topological polar surface area (TPSA) is 80.0 Å². The van der Waals surface area contributed by atoms with Gasteiger partial charge >= 0.3 is 0 Å². The summed E-state index contributed by atoms with van der Waals surface area (Å²) in [5, 5.41) is 3.25. The lowest BCUT2D eigenvalue weighted by Gasteiger charge is -2.23. The van der Waals surface area contributed by atoms with Crippen LogP contribution in [0.15, 0.2) is 24.3 Å². The first-order valence-electron chi connectivity index (χ1n) is 6.83. The summed E-state index contributed by atoms with van der Waals surface area (Å²) >= 11 is 0. The Kier molecular flexibility index (Phi) is 3.97. The standard InChI is InChI=1S/C15H22N6/c1-15(2,3)10-8-6-7-9-11(10)17-13-18-12(16)19-14(20-13)21(4)5/h6-9H,1-5H3,(H3,16,17,18,19,20). The lowest BCUT2D eigenvalue weighted by molar-refractivity contribution is 0.592. The van der Waals surface area contributed by atoms with E-state index in [-0.39, 0.29) is 11.4 Å². The SMILES string of the molecule is CN(C)c1nc(N)nc(Nc2ccccc2C(C)(C)C)n1. The van der Waals surface area contributed by atoms with Gasteiger partial charge < -0.3 is 16.0 Å². The third-order valence-electron chi connectivity index (χ3n) is 3.02. The molecule has 0 radical (unpaired) electrons. The van der Waals surface area contributed by atoms with Gasteiger partial charge in [-0.1, -0.05) is 39.0 Å². The minimum Gasteiger partial charge on any atom is -0.368 e. The van der Waals surface area contributed by atoms with E-state index in [1.54, 1.807) is 4.90 Å². The molecule has 2 rings (SSSR count).